The average molecular weight is 127 g/mol. The number of nitrogens with one attached hydrogen (secondary N) is 2. The van der Waals surface area contributed by atoms with Crippen molar-refractivity contribution in [1.29, 1.82) is 5.53 Å². The summed E-state index contributed by atoms with van der Waals surface area (Å²) < 4.78 is 0. The normalized spacial score (nSPS) is 11.8. The van der Waals surface area contributed by atoms with Crippen molar-refractivity contribution >= 4 is 0 Å². The Hall–Kier alpha value is -0.860. The van der Waals surface area contributed by atoms with Gasteiger partial charge in [0.15, 0.2) is 0 Å². The van der Waals surface area contributed by atoms with Gasteiger partial charge in [0, 0.05) is 12.7 Å². The fourth-order valence-electron chi connectivity index (χ4n) is 0.572. The van der Waals surface area contributed by atoms with Gasteiger partial charge in [-0.05, 0) is 5.92 Å². The molecule has 0 amide bonds. The molecule has 0 aliphatic heterocycles. The molecule has 0 fully saturated rings. The lowest BCUT2D eigenvalue weighted by Crippen LogP contribution is -2.10. The molecule has 0 aromatic carbocycles. The number of hydrogen-bond donors (Lipinski definition) is 2. The zero-order chi connectivity index (χ0) is 7.28. The minimum absolute atomic E-state index is 0.420. The molecule has 0 aliphatic carbocycles. The number of rotatable bonds is 3. The van der Waals surface area contributed by atoms with Crippen molar-refractivity contribution in [2.45, 2.75) is 13.8 Å². The smallest absolute Gasteiger partial charge is 0.0680 e. The summed E-state index contributed by atoms with van der Waals surface area (Å²) in [5, 5.41) is 6.10. The van der Waals surface area contributed by atoms with Crippen LogP contribution in [0.25, 0.3) is 0 Å². The van der Waals surface area contributed by atoms with Crippen LogP contribution in [0.5, 0.6) is 0 Å². The molecule has 0 saturated heterocycles. The summed E-state index contributed by atoms with van der Waals surface area (Å²) in [4.78, 5) is 0. The summed E-state index contributed by atoms with van der Waals surface area (Å²) >= 11 is 0. The second-order valence-corrected chi connectivity index (χ2v) is 2.12. The van der Waals surface area contributed by atoms with E-state index >= 15 is 0 Å². The van der Waals surface area contributed by atoms with E-state index in [-0.39, 0.29) is 0 Å². The maximum atomic E-state index is 6.54. The Kier molecular flexibility index (Phi) is 3.67. The lowest BCUT2D eigenvalue weighted by molar-refractivity contribution is 0.693. The van der Waals surface area contributed by atoms with E-state index in [0.717, 1.165) is 5.70 Å². The topological polar surface area (TPSA) is 48.2 Å². The predicted molar refractivity (Wildman–Crippen MR) is 37.1 cm³/mol. The number of hydrogen-bond acceptors (Lipinski definition) is 3. The Labute approximate surface area is 55.7 Å². The second-order valence-electron chi connectivity index (χ2n) is 2.12. The molecule has 3 heteroatoms. The monoisotopic (exact) mass is 127 g/mol. The number of nitrogens with zero attached hydrogens (tertiary/aromatic N) is 1. The molecule has 3 nitrogen and oxygen atoms in total. The van der Waals surface area contributed by atoms with Gasteiger partial charge in [-0.15, -0.1) is 0 Å². The maximum Gasteiger partial charge on any atom is 0.0680 e. The predicted octanol–water partition coefficient (Wildman–Crippen LogP) is 1.73. The van der Waals surface area contributed by atoms with E-state index in [9.17, 15) is 0 Å². The van der Waals surface area contributed by atoms with Gasteiger partial charge in [0.25, 0.3) is 0 Å². The molecule has 52 valence electrons. The summed E-state index contributed by atoms with van der Waals surface area (Å²) in [6.07, 6.45) is 1.52. The summed E-state index contributed by atoms with van der Waals surface area (Å²) in [6, 6.07) is 0. The van der Waals surface area contributed by atoms with Crippen molar-refractivity contribution < 1.29 is 0 Å². The fourth-order valence-corrected chi connectivity index (χ4v) is 0.572. The van der Waals surface area contributed by atoms with Crippen LogP contribution in [-0.4, -0.2) is 7.05 Å². The molecule has 0 bridgehead atoms. The largest absolute Gasteiger partial charge is 0.390 e. The standard InChI is InChI=1S/C6H13N3/c1-5(2)6(8-3)4-9-7/h4-5,7-8H,1-3H3/b6-4-,9-7?. The molecule has 0 aromatic heterocycles. The van der Waals surface area contributed by atoms with E-state index in [4.69, 9.17) is 5.53 Å². The zero-order valence-electron chi connectivity index (χ0n) is 6.10. The molecule has 0 rings (SSSR count). The summed E-state index contributed by atoms with van der Waals surface area (Å²) in [6.45, 7) is 4.10. The lowest BCUT2D eigenvalue weighted by atomic mass is 10.1. The van der Waals surface area contributed by atoms with E-state index in [2.05, 4.69) is 10.4 Å². The van der Waals surface area contributed by atoms with Gasteiger partial charge >= 0.3 is 0 Å². The summed E-state index contributed by atoms with van der Waals surface area (Å²) in [5.74, 6) is 0.420. The molecule has 0 heterocycles. The molecule has 0 atom stereocenters. The van der Waals surface area contributed by atoms with Crippen molar-refractivity contribution in [2.24, 2.45) is 11.0 Å². The molecule has 2 N–H and O–H groups in total. The Morgan fingerprint density at radius 1 is 1.67 bits per heavy atom. The van der Waals surface area contributed by atoms with Gasteiger partial charge in [-0.25, -0.2) is 5.53 Å². The van der Waals surface area contributed by atoms with Crippen LogP contribution >= 0.6 is 0 Å². The van der Waals surface area contributed by atoms with E-state index in [1.807, 2.05) is 20.9 Å². The first-order valence-corrected chi connectivity index (χ1v) is 2.96. The molecule has 9 heavy (non-hydrogen) atoms. The van der Waals surface area contributed by atoms with Crippen molar-refractivity contribution in [1.82, 2.24) is 5.32 Å². The van der Waals surface area contributed by atoms with Gasteiger partial charge < -0.3 is 5.32 Å². The van der Waals surface area contributed by atoms with Crippen LogP contribution in [0.2, 0.25) is 0 Å². The lowest BCUT2D eigenvalue weighted by Gasteiger charge is -2.07. The molecule has 0 unspecified atom stereocenters. The first kappa shape index (κ1) is 8.14. The quantitative estimate of drug-likeness (QED) is 0.557. The summed E-state index contributed by atoms with van der Waals surface area (Å²) in [7, 11) is 1.83. The van der Waals surface area contributed by atoms with Gasteiger partial charge in [0.05, 0.1) is 6.20 Å². The zero-order valence-corrected chi connectivity index (χ0v) is 6.10. The Morgan fingerprint density at radius 2 is 2.22 bits per heavy atom. The van der Waals surface area contributed by atoms with Crippen LogP contribution in [0.15, 0.2) is 17.0 Å². The van der Waals surface area contributed by atoms with Crippen LogP contribution in [0, 0.1) is 11.4 Å². The van der Waals surface area contributed by atoms with Gasteiger partial charge in [-0.2, -0.15) is 5.11 Å². The summed E-state index contributed by atoms with van der Waals surface area (Å²) in [5.41, 5.74) is 7.53. The number of allylic oxidation sites excluding steroid dienone is 1. The average Bonchev–Trinajstić information content (AvgIpc) is 1.82. The Balaban J connectivity index is 3.96. The highest BCUT2D eigenvalue weighted by Gasteiger charge is 1.97. The van der Waals surface area contributed by atoms with E-state index in [1.54, 1.807) is 0 Å². The molecule has 0 radical (unpaired) electrons. The highest BCUT2D eigenvalue weighted by molar-refractivity contribution is 4.99. The van der Waals surface area contributed by atoms with Crippen molar-refractivity contribution in [2.75, 3.05) is 7.05 Å². The molecule has 0 saturated carbocycles. The van der Waals surface area contributed by atoms with Gasteiger partial charge in [0.1, 0.15) is 0 Å². The van der Waals surface area contributed by atoms with Crippen LogP contribution < -0.4 is 5.32 Å². The minimum Gasteiger partial charge on any atom is -0.390 e. The van der Waals surface area contributed by atoms with Gasteiger partial charge in [0.2, 0.25) is 0 Å². The highest BCUT2D eigenvalue weighted by atomic mass is 15.0. The third-order valence-corrected chi connectivity index (χ3v) is 1.11. The van der Waals surface area contributed by atoms with Crippen molar-refractivity contribution in [3.63, 3.8) is 0 Å². The molecular formula is C6H13N3. The molecule has 0 spiro atoms. The van der Waals surface area contributed by atoms with E-state index in [0.29, 0.717) is 5.92 Å². The van der Waals surface area contributed by atoms with Crippen molar-refractivity contribution in [3.05, 3.63) is 11.9 Å². The highest BCUT2D eigenvalue weighted by Crippen LogP contribution is 2.03. The van der Waals surface area contributed by atoms with E-state index in [1.165, 1.54) is 6.20 Å². The minimum atomic E-state index is 0.420. The van der Waals surface area contributed by atoms with Crippen LogP contribution in [0.1, 0.15) is 13.8 Å². The van der Waals surface area contributed by atoms with Crippen LogP contribution in [0.4, 0.5) is 0 Å². The third kappa shape index (κ3) is 2.85. The molecule has 0 aliphatic rings. The molecule has 0 aromatic rings. The Bertz CT molecular complexity index is 115. The SMILES string of the molecule is CN/C(=C\N=N)C(C)C. The van der Waals surface area contributed by atoms with Gasteiger partial charge in [-0.3, -0.25) is 0 Å². The van der Waals surface area contributed by atoms with Crippen LogP contribution in [-0.2, 0) is 0 Å². The van der Waals surface area contributed by atoms with Crippen LogP contribution in [0.3, 0.4) is 0 Å². The second kappa shape index (κ2) is 4.06. The van der Waals surface area contributed by atoms with E-state index < -0.39 is 0 Å². The fraction of sp³-hybridized carbons (Fsp3) is 0.667. The third-order valence-electron chi connectivity index (χ3n) is 1.11. The first-order chi connectivity index (χ1) is 4.22. The Morgan fingerprint density at radius 3 is 2.33 bits per heavy atom. The van der Waals surface area contributed by atoms with Gasteiger partial charge in [-0.1, -0.05) is 13.8 Å². The maximum absolute atomic E-state index is 6.54. The molecular weight excluding hydrogens is 114 g/mol. The first-order valence-electron chi connectivity index (χ1n) is 2.96. The van der Waals surface area contributed by atoms with Crippen molar-refractivity contribution in [3.8, 4) is 0 Å².